The normalized spacial score (nSPS) is 33.8. The maximum Gasteiger partial charge on any atom is 0.185 e. The standard InChI is InChI=1S/C8H14O2/c1-2-3-5-8(9)6-4-7-10-8/h3,5,9H,2,4,6-7H2,1H3. The van der Waals surface area contributed by atoms with Gasteiger partial charge in [-0.2, -0.15) is 0 Å². The molecule has 0 aliphatic carbocycles. The van der Waals surface area contributed by atoms with Crippen molar-refractivity contribution in [3.8, 4) is 0 Å². The number of aliphatic hydroxyl groups is 1. The second-order valence-corrected chi connectivity index (χ2v) is 2.61. The van der Waals surface area contributed by atoms with Crippen LogP contribution in [0.3, 0.4) is 0 Å². The lowest BCUT2D eigenvalue weighted by atomic mass is 10.1. The topological polar surface area (TPSA) is 29.5 Å². The van der Waals surface area contributed by atoms with Crippen LogP contribution in [0.2, 0.25) is 0 Å². The molecular weight excluding hydrogens is 128 g/mol. The molecule has 1 heterocycles. The van der Waals surface area contributed by atoms with Crippen molar-refractivity contribution < 1.29 is 9.84 Å². The SMILES string of the molecule is CCC=CC1(O)CCCO1. The number of ether oxygens (including phenoxy) is 1. The first kappa shape index (κ1) is 7.76. The van der Waals surface area contributed by atoms with Crippen molar-refractivity contribution in [3.05, 3.63) is 12.2 Å². The van der Waals surface area contributed by atoms with Crippen molar-refractivity contribution in [3.63, 3.8) is 0 Å². The van der Waals surface area contributed by atoms with Gasteiger partial charge in [0.25, 0.3) is 0 Å². The Labute approximate surface area is 61.5 Å². The zero-order valence-electron chi connectivity index (χ0n) is 6.34. The zero-order valence-corrected chi connectivity index (χ0v) is 6.34. The summed E-state index contributed by atoms with van der Waals surface area (Å²) in [6.45, 7) is 2.72. The average molecular weight is 142 g/mol. The van der Waals surface area contributed by atoms with E-state index in [1.54, 1.807) is 6.08 Å². The summed E-state index contributed by atoms with van der Waals surface area (Å²) in [6, 6.07) is 0. The van der Waals surface area contributed by atoms with Crippen molar-refractivity contribution >= 4 is 0 Å². The molecule has 58 valence electrons. The third-order valence-electron chi connectivity index (χ3n) is 1.65. The molecule has 0 saturated carbocycles. The first-order valence-corrected chi connectivity index (χ1v) is 3.81. The van der Waals surface area contributed by atoms with Gasteiger partial charge in [0, 0.05) is 6.42 Å². The molecule has 0 bridgehead atoms. The van der Waals surface area contributed by atoms with Crippen LogP contribution < -0.4 is 0 Å². The summed E-state index contributed by atoms with van der Waals surface area (Å²) < 4.78 is 5.11. The smallest absolute Gasteiger partial charge is 0.185 e. The van der Waals surface area contributed by atoms with Crippen LogP contribution >= 0.6 is 0 Å². The Balaban J connectivity index is 2.43. The Kier molecular flexibility index (Phi) is 2.46. The van der Waals surface area contributed by atoms with E-state index in [9.17, 15) is 5.11 Å². The predicted molar refractivity (Wildman–Crippen MR) is 39.6 cm³/mol. The quantitative estimate of drug-likeness (QED) is 0.591. The maximum absolute atomic E-state index is 9.51. The number of hydrogen-bond donors (Lipinski definition) is 1. The molecule has 2 nitrogen and oxygen atoms in total. The summed E-state index contributed by atoms with van der Waals surface area (Å²) in [6.07, 6.45) is 6.34. The van der Waals surface area contributed by atoms with Gasteiger partial charge >= 0.3 is 0 Å². The van der Waals surface area contributed by atoms with Crippen LogP contribution in [0, 0.1) is 0 Å². The molecule has 10 heavy (non-hydrogen) atoms. The van der Waals surface area contributed by atoms with E-state index in [1.807, 2.05) is 13.0 Å². The van der Waals surface area contributed by atoms with E-state index in [1.165, 1.54) is 0 Å². The van der Waals surface area contributed by atoms with E-state index in [0.717, 1.165) is 19.3 Å². The van der Waals surface area contributed by atoms with Crippen molar-refractivity contribution in [2.24, 2.45) is 0 Å². The minimum atomic E-state index is -0.935. The van der Waals surface area contributed by atoms with Crippen molar-refractivity contribution in [1.29, 1.82) is 0 Å². The molecule has 0 spiro atoms. The molecule has 1 rings (SSSR count). The largest absolute Gasteiger partial charge is 0.362 e. The summed E-state index contributed by atoms with van der Waals surface area (Å²) in [4.78, 5) is 0. The first-order chi connectivity index (χ1) is 4.77. The molecule has 0 aromatic heterocycles. The monoisotopic (exact) mass is 142 g/mol. The summed E-state index contributed by atoms with van der Waals surface area (Å²) in [5.41, 5.74) is 0. The third-order valence-corrected chi connectivity index (χ3v) is 1.65. The van der Waals surface area contributed by atoms with Gasteiger partial charge in [-0.15, -0.1) is 0 Å². The minimum absolute atomic E-state index is 0.685. The van der Waals surface area contributed by atoms with Crippen molar-refractivity contribution in [2.45, 2.75) is 32.0 Å². The van der Waals surface area contributed by atoms with Gasteiger partial charge in [-0.1, -0.05) is 13.0 Å². The molecule has 1 unspecified atom stereocenters. The van der Waals surface area contributed by atoms with Gasteiger partial charge in [0.15, 0.2) is 5.79 Å². The molecular formula is C8H14O2. The highest BCUT2D eigenvalue weighted by Gasteiger charge is 2.28. The first-order valence-electron chi connectivity index (χ1n) is 3.81. The Bertz CT molecular complexity index is 123. The number of allylic oxidation sites excluding steroid dienone is 1. The van der Waals surface area contributed by atoms with Crippen LogP contribution in [0.15, 0.2) is 12.2 Å². The molecule has 1 aliphatic heterocycles. The lowest BCUT2D eigenvalue weighted by Crippen LogP contribution is -2.23. The molecule has 0 radical (unpaired) electrons. The second kappa shape index (κ2) is 3.17. The van der Waals surface area contributed by atoms with Gasteiger partial charge in [-0.25, -0.2) is 0 Å². The van der Waals surface area contributed by atoms with E-state index >= 15 is 0 Å². The van der Waals surface area contributed by atoms with Crippen LogP contribution in [0.5, 0.6) is 0 Å². The van der Waals surface area contributed by atoms with Gasteiger partial charge in [-0.05, 0) is 18.9 Å². The Morgan fingerprint density at radius 3 is 3.00 bits per heavy atom. The summed E-state index contributed by atoms with van der Waals surface area (Å²) in [5.74, 6) is -0.935. The lowest BCUT2D eigenvalue weighted by Gasteiger charge is -2.15. The molecule has 0 aromatic rings. The average Bonchev–Trinajstić information content (AvgIpc) is 2.33. The molecule has 0 aromatic carbocycles. The highest BCUT2D eigenvalue weighted by Crippen LogP contribution is 2.23. The molecule has 1 fully saturated rings. The number of rotatable bonds is 2. The van der Waals surface area contributed by atoms with Gasteiger partial charge < -0.3 is 9.84 Å². The van der Waals surface area contributed by atoms with E-state index in [2.05, 4.69) is 0 Å². The van der Waals surface area contributed by atoms with E-state index in [0.29, 0.717) is 6.61 Å². The van der Waals surface area contributed by atoms with Gasteiger partial charge in [0.05, 0.1) is 6.61 Å². The predicted octanol–water partition coefficient (Wildman–Crippen LogP) is 1.45. The Morgan fingerprint density at radius 1 is 1.70 bits per heavy atom. The van der Waals surface area contributed by atoms with Crippen LogP contribution in [0.1, 0.15) is 26.2 Å². The fourth-order valence-corrected chi connectivity index (χ4v) is 1.08. The van der Waals surface area contributed by atoms with E-state index < -0.39 is 5.79 Å². The van der Waals surface area contributed by atoms with Crippen molar-refractivity contribution in [2.75, 3.05) is 6.61 Å². The fraction of sp³-hybridized carbons (Fsp3) is 0.750. The zero-order chi connectivity index (χ0) is 7.45. The van der Waals surface area contributed by atoms with Crippen LogP contribution in [0.25, 0.3) is 0 Å². The highest BCUT2D eigenvalue weighted by molar-refractivity contribution is 4.96. The van der Waals surface area contributed by atoms with Crippen LogP contribution in [0.4, 0.5) is 0 Å². The van der Waals surface area contributed by atoms with E-state index in [4.69, 9.17) is 4.74 Å². The van der Waals surface area contributed by atoms with Gasteiger partial charge in [0.2, 0.25) is 0 Å². The Hall–Kier alpha value is -0.340. The van der Waals surface area contributed by atoms with E-state index in [-0.39, 0.29) is 0 Å². The molecule has 1 N–H and O–H groups in total. The molecule has 2 heteroatoms. The van der Waals surface area contributed by atoms with Gasteiger partial charge in [0.1, 0.15) is 0 Å². The minimum Gasteiger partial charge on any atom is -0.362 e. The van der Waals surface area contributed by atoms with Crippen LogP contribution in [-0.4, -0.2) is 17.5 Å². The molecule has 1 aliphatic rings. The van der Waals surface area contributed by atoms with Gasteiger partial charge in [-0.3, -0.25) is 0 Å². The Morgan fingerprint density at radius 2 is 2.50 bits per heavy atom. The maximum atomic E-state index is 9.51. The summed E-state index contributed by atoms with van der Waals surface area (Å²) in [7, 11) is 0. The third kappa shape index (κ3) is 1.82. The summed E-state index contributed by atoms with van der Waals surface area (Å²) in [5, 5.41) is 9.51. The fourth-order valence-electron chi connectivity index (χ4n) is 1.08. The molecule has 1 atom stereocenters. The molecule has 1 saturated heterocycles. The second-order valence-electron chi connectivity index (χ2n) is 2.61. The molecule has 0 amide bonds. The van der Waals surface area contributed by atoms with Crippen molar-refractivity contribution in [1.82, 2.24) is 0 Å². The van der Waals surface area contributed by atoms with Crippen LogP contribution in [-0.2, 0) is 4.74 Å². The lowest BCUT2D eigenvalue weighted by molar-refractivity contribution is -0.130. The summed E-state index contributed by atoms with van der Waals surface area (Å²) >= 11 is 0. The highest BCUT2D eigenvalue weighted by atomic mass is 16.6. The number of hydrogen-bond acceptors (Lipinski definition) is 2.